The molecular weight excluding hydrogens is 602 g/mol. The average Bonchev–Trinajstić information content (AvgIpc) is 2.66. The Morgan fingerprint density at radius 2 is 1.69 bits per heavy atom. The third kappa shape index (κ3) is 5.35. The summed E-state index contributed by atoms with van der Waals surface area (Å²) < 4.78 is 6.71. The van der Waals surface area contributed by atoms with Crippen molar-refractivity contribution < 1.29 is 24.5 Å². The first-order valence-electron chi connectivity index (χ1n) is 8.24. The summed E-state index contributed by atoms with van der Waals surface area (Å²) in [6, 6.07) is 14.1. The van der Waals surface area contributed by atoms with Gasteiger partial charge < -0.3 is 14.9 Å². The van der Waals surface area contributed by atoms with E-state index in [-0.39, 0.29) is 11.3 Å². The van der Waals surface area contributed by atoms with Gasteiger partial charge in [-0.2, -0.15) is 5.10 Å². The molecule has 7 nitrogen and oxygen atoms in total. The molecule has 3 rings (SSSR count). The molecule has 0 aliphatic heterocycles. The fourth-order valence-corrected chi connectivity index (χ4v) is 4.69. The smallest absolute Gasteiger partial charge is 0.341 e. The van der Waals surface area contributed by atoms with Crippen molar-refractivity contribution in [3.8, 4) is 11.5 Å². The monoisotopic (exact) mass is 616 g/mol. The van der Waals surface area contributed by atoms with Crippen LogP contribution < -0.4 is 10.2 Å². The van der Waals surface area contributed by atoms with Crippen LogP contribution in [0.1, 0.15) is 15.9 Å². The molecule has 29 heavy (non-hydrogen) atoms. The van der Waals surface area contributed by atoms with Crippen LogP contribution in [0.3, 0.4) is 0 Å². The van der Waals surface area contributed by atoms with Gasteiger partial charge in [0.25, 0.3) is 5.91 Å². The third-order valence-electron chi connectivity index (χ3n) is 3.85. The number of nitrogens with one attached hydrogen (secondary N) is 1. The zero-order chi connectivity index (χ0) is 21.0. The van der Waals surface area contributed by atoms with Crippen molar-refractivity contribution in [2.24, 2.45) is 5.10 Å². The molecule has 9 heteroatoms. The lowest BCUT2D eigenvalue weighted by atomic mass is 10.1. The van der Waals surface area contributed by atoms with Crippen molar-refractivity contribution >= 4 is 74.0 Å². The molecule has 0 saturated carbocycles. The first kappa shape index (κ1) is 21.3. The summed E-state index contributed by atoms with van der Waals surface area (Å²) >= 11 is 4.08. The lowest BCUT2D eigenvalue weighted by molar-refractivity contribution is -0.139. The van der Waals surface area contributed by atoms with Crippen molar-refractivity contribution in [2.45, 2.75) is 0 Å². The van der Waals surface area contributed by atoms with Crippen LogP contribution in [0.15, 0.2) is 53.6 Å². The SMILES string of the molecule is O=C(O)COc1c(I)cc(C=NNC(=O)c2cc3ccccc3cc2O)cc1I. The van der Waals surface area contributed by atoms with Crippen LogP contribution >= 0.6 is 45.2 Å². The van der Waals surface area contributed by atoms with Crippen LogP contribution in [0.4, 0.5) is 0 Å². The van der Waals surface area contributed by atoms with Gasteiger partial charge in [-0.1, -0.05) is 24.3 Å². The van der Waals surface area contributed by atoms with E-state index in [4.69, 9.17) is 9.84 Å². The predicted molar refractivity (Wildman–Crippen MR) is 126 cm³/mol. The number of ether oxygens (including phenoxy) is 1. The fourth-order valence-electron chi connectivity index (χ4n) is 2.56. The zero-order valence-corrected chi connectivity index (χ0v) is 19.0. The number of hydrazone groups is 1. The third-order valence-corrected chi connectivity index (χ3v) is 5.45. The molecule has 148 valence electrons. The Morgan fingerprint density at radius 3 is 2.31 bits per heavy atom. The van der Waals surface area contributed by atoms with E-state index in [1.807, 2.05) is 69.4 Å². The van der Waals surface area contributed by atoms with E-state index >= 15 is 0 Å². The van der Waals surface area contributed by atoms with Gasteiger partial charge in [0.1, 0.15) is 11.5 Å². The molecule has 0 heterocycles. The largest absolute Gasteiger partial charge is 0.507 e. The van der Waals surface area contributed by atoms with Gasteiger partial charge >= 0.3 is 5.97 Å². The summed E-state index contributed by atoms with van der Waals surface area (Å²) in [7, 11) is 0. The number of hydrogen-bond donors (Lipinski definition) is 3. The summed E-state index contributed by atoms with van der Waals surface area (Å²) in [4.78, 5) is 23.0. The fraction of sp³-hybridized carbons (Fsp3) is 0.0500. The standard InChI is InChI=1S/C20H14I2N2O5/c21-15-5-11(6-16(22)19(15)29-10-18(26)27)9-23-24-20(28)14-7-12-3-1-2-4-13(12)8-17(14)25/h1-9,25H,10H2,(H,24,28)(H,26,27). The number of benzene rings is 3. The highest BCUT2D eigenvalue weighted by Gasteiger charge is 2.12. The molecule has 0 spiro atoms. The van der Waals surface area contributed by atoms with Gasteiger partial charge in [-0.25, -0.2) is 10.2 Å². The van der Waals surface area contributed by atoms with Crippen molar-refractivity contribution in [1.29, 1.82) is 0 Å². The highest BCUT2D eigenvalue weighted by atomic mass is 127. The van der Waals surface area contributed by atoms with E-state index < -0.39 is 18.5 Å². The second-order valence-corrected chi connectivity index (χ2v) is 8.24. The van der Waals surface area contributed by atoms with Crippen LogP contribution in [-0.2, 0) is 4.79 Å². The summed E-state index contributed by atoms with van der Waals surface area (Å²) in [5.41, 5.74) is 3.23. The molecule has 0 aliphatic rings. The minimum atomic E-state index is -1.05. The number of aliphatic carboxylic acids is 1. The Bertz CT molecular complexity index is 1110. The molecule has 1 amide bonds. The molecule has 3 aromatic carbocycles. The molecule has 3 aromatic rings. The molecule has 0 unspecified atom stereocenters. The second-order valence-electron chi connectivity index (χ2n) is 5.91. The Morgan fingerprint density at radius 1 is 1.07 bits per heavy atom. The number of fused-ring (bicyclic) bond motifs is 1. The van der Waals surface area contributed by atoms with E-state index in [9.17, 15) is 14.7 Å². The lowest BCUT2D eigenvalue weighted by Crippen LogP contribution is -2.17. The van der Waals surface area contributed by atoms with E-state index in [1.54, 1.807) is 18.2 Å². The number of amides is 1. The Labute approximate surface area is 193 Å². The van der Waals surface area contributed by atoms with Gasteiger partial charge in [0, 0.05) is 0 Å². The summed E-state index contributed by atoms with van der Waals surface area (Å²) in [5.74, 6) is -1.23. The first-order valence-corrected chi connectivity index (χ1v) is 10.4. The van der Waals surface area contributed by atoms with E-state index in [1.165, 1.54) is 12.3 Å². The van der Waals surface area contributed by atoms with Gasteiger partial charge in [-0.05, 0) is 85.8 Å². The molecule has 0 aromatic heterocycles. The maximum Gasteiger partial charge on any atom is 0.341 e. The second kappa shape index (κ2) is 9.39. The Hall–Kier alpha value is -2.41. The number of hydrogen-bond acceptors (Lipinski definition) is 5. The topological polar surface area (TPSA) is 108 Å². The van der Waals surface area contributed by atoms with E-state index in [0.717, 1.165) is 17.9 Å². The highest BCUT2D eigenvalue weighted by Crippen LogP contribution is 2.28. The van der Waals surface area contributed by atoms with Crippen LogP contribution in [0.5, 0.6) is 11.5 Å². The van der Waals surface area contributed by atoms with Crippen LogP contribution in [0, 0.1) is 7.14 Å². The number of rotatable bonds is 6. The first-order chi connectivity index (χ1) is 13.8. The molecule has 0 fully saturated rings. The van der Waals surface area contributed by atoms with Gasteiger partial charge in [0.05, 0.1) is 18.9 Å². The maximum atomic E-state index is 12.4. The molecule has 0 aliphatic carbocycles. The zero-order valence-electron chi connectivity index (χ0n) is 14.7. The number of carboxylic acids is 1. The van der Waals surface area contributed by atoms with Crippen molar-refractivity contribution in [3.05, 3.63) is 66.8 Å². The quantitative estimate of drug-likeness (QED) is 0.221. The Kier molecular flexibility index (Phi) is 6.90. The van der Waals surface area contributed by atoms with E-state index in [0.29, 0.717) is 11.3 Å². The summed E-state index contributed by atoms with van der Waals surface area (Å²) in [6.45, 7) is -0.426. The van der Waals surface area contributed by atoms with Crippen LogP contribution in [0.2, 0.25) is 0 Å². The molecule has 0 saturated heterocycles. The normalized spacial score (nSPS) is 11.0. The predicted octanol–water partition coefficient (Wildman–Crippen LogP) is 3.98. The number of halogens is 2. The van der Waals surface area contributed by atoms with Crippen LogP contribution in [-0.4, -0.2) is 34.9 Å². The van der Waals surface area contributed by atoms with Crippen molar-refractivity contribution in [2.75, 3.05) is 6.61 Å². The number of carbonyl (C=O) groups excluding carboxylic acids is 1. The van der Waals surface area contributed by atoms with Crippen molar-refractivity contribution in [1.82, 2.24) is 5.43 Å². The van der Waals surface area contributed by atoms with Gasteiger partial charge in [0.15, 0.2) is 6.61 Å². The Balaban J connectivity index is 1.73. The number of aromatic hydroxyl groups is 1. The van der Waals surface area contributed by atoms with Gasteiger partial charge in [-0.3, -0.25) is 4.79 Å². The van der Waals surface area contributed by atoms with Gasteiger partial charge in [0.2, 0.25) is 0 Å². The highest BCUT2D eigenvalue weighted by molar-refractivity contribution is 14.1. The van der Waals surface area contributed by atoms with Gasteiger partial charge in [-0.15, -0.1) is 0 Å². The summed E-state index contributed by atoms with van der Waals surface area (Å²) in [5, 5.41) is 24.5. The average molecular weight is 616 g/mol. The number of carbonyl (C=O) groups is 2. The van der Waals surface area contributed by atoms with E-state index in [2.05, 4.69) is 10.5 Å². The molecule has 0 bridgehead atoms. The minimum Gasteiger partial charge on any atom is -0.507 e. The molecule has 0 radical (unpaired) electrons. The maximum absolute atomic E-state index is 12.4. The van der Waals surface area contributed by atoms with Crippen LogP contribution in [0.25, 0.3) is 10.8 Å². The molecule has 3 N–H and O–H groups in total. The lowest BCUT2D eigenvalue weighted by Gasteiger charge is -2.09. The molecular formula is C20H14I2N2O5. The number of phenols is 1. The summed E-state index contributed by atoms with van der Waals surface area (Å²) in [6.07, 6.45) is 1.46. The molecule has 0 atom stereocenters. The number of carboxylic acid groups (broad SMARTS) is 1. The van der Waals surface area contributed by atoms with Crippen molar-refractivity contribution in [3.63, 3.8) is 0 Å². The minimum absolute atomic E-state index is 0.125. The number of nitrogens with zero attached hydrogens (tertiary/aromatic N) is 1. The number of phenolic OH excluding ortho intramolecular Hbond substituents is 1.